The maximum atomic E-state index is 3.73. The van der Waals surface area contributed by atoms with Crippen molar-refractivity contribution in [2.45, 2.75) is 6.42 Å². The average Bonchev–Trinajstić information content (AvgIpc) is 2.50. The zero-order valence-electron chi connectivity index (χ0n) is 6.30. The van der Waals surface area contributed by atoms with Crippen molar-refractivity contribution in [2.24, 2.45) is 0 Å². The molecule has 0 amide bonds. The Morgan fingerprint density at radius 1 is 1.45 bits per heavy atom. The van der Waals surface area contributed by atoms with Crippen LogP contribution in [0.3, 0.4) is 0 Å². The molecule has 2 rings (SSSR count). The normalized spacial score (nSPS) is 13.1. The number of hydrogen-bond acceptors (Lipinski definition) is 0. The lowest BCUT2D eigenvalue weighted by molar-refractivity contribution is 1.31. The van der Waals surface area contributed by atoms with Crippen LogP contribution in [0.1, 0.15) is 16.7 Å². The molecular weight excluding hydrogens is 132 g/mol. The summed E-state index contributed by atoms with van der Waals surface area (Å²) in [5, 5.41) is 0. The van der Waals surface area contributed by atoms with Gasteiger partial charge in [-0.05, 0) is 29.2 Å². The van der Waals surface area contributed by atoms with E-state index in [0.717, 1.165) is 6.42 Å². The van der Waals surface area contributed by atoms with E-state index in [-0.39, 0.29) is 0 Å². The van der Waals surface area contributed by atoms with Crippen LogP contribution >= 0.6 is 0 Å². The highest BCUT2D eigenvalue weighted by Crippen LogP contribution is 2.18. The van der Waals surface area contributed by atoms with Crippen LogP contribution < -0.4 is 0 Å². The molecule has 0 nitrogen and oxygen atoms in total. The molecule has 0 heteroatoms. The quantitative estimate of drug-likeness (QED) is 0.564. The Morgan fingerprint density at radius 3 is 3.18 bits per heavy atom. The van der Waals surface area contributed by atoms with Gasteiger partial charge < -0.3 is 0 Å². The largest absolute Gasteiger partial charge is 0.0985 e. The van der Waals surface area contributed by atoms with Gasteiger partial charge in [0.25, 0.3) is 0 Å². The van der Waals surface area contributed by atoms with E-state index in [9.17, 15) is 0 Å². The maximum absolute atomic E-state index is 3.73. The average molecular weight is 141 g/mol. The summed E-state index contributed by atoms with van der Waals surface area (Å²) in [5.74, 6) is 0. The Hall–Kier alpha value is -1.30. The number of hydrogen-bond donors (Lipinski definition) is 0. The summed E-state index contributed by atoms with van der Waals surface area (Å²) in [7, 11) is 0. The predicted octanol–water partition coefficient (Wildman–Crippen LogP) is 2.59. The Bertz CT molecular complexity index is 319. The maximum Gasteiger partial charge on any atom is -0.00816 e. The van der Waals surface area contributed by atoms with E-state index in [2.05, 4.69) is 36.9 Å². The molecule has 0 aromatic heterocycles. The van der Waals surface area contributed by atoms with E-state index in [1.54, 1.807) is 0 Å². The third kappa shape index (κ3) is 1.01. The van der Waals surface area contributed by atoms with Crippen LogP contribution in [0.25, 0.3) is 6.08 Å². The second-order valence-electron chi connectivity index (χ2n) is 2.67. The Labute approximate surface area is 66.9 Å². The summed E-state index contributed by atoms with van der Waals surface area (Å²) >= 11 is 0. The molecule has 0 N–H and O–H groups in total. The summed E-state index contributed by atoms with van der Waals surface area (Å²) in [5.41, 5.74) is 3.79. The molecule has 0 saturated heterocycles. The van der Waals surface area contributed by atoms with E-state index in [1.807, 2.05) is 6.08 Å². The van der Waals surface area contributed by atoms with Gasteiger partial charge in [0.1, 0.15) is 0 Å². The number of benzene rings is 1. The monoisotopic (exact) mass is 141 g/mol. The van der Waals surface area contributed by atoms with Crippen molar-refractivity contribution in [3.05, 3.63) is 53.6 Å². The van der Waals surface area contributed by atoms with Crippen molar-refractivity contribution in [1.29, 1.82) is 0 Å². The number of rotatable bonds is 1. The molecule has 0 saturated carbocycles. The zero-order valence-corrected chi connectivity index (χ0v) is 6.30. The fourth-order valence-electron chi connectivity index (χ4n) is 1.32. The van der Waals surface area contributed by atoms with Crippen molar-refractivity contribution in [1.82, 2.24) is 0 Å². The number of fused-ring (bicyclic) bond motifs is 1. The van der Waals surface area contributed by atoms with Crippen LogP contribution in [0, 0.1) is 6.08 Å². The molecule has 0 heterocycles. The lowest BCUT2D eigenvalue weighted by Crippen LogP contribution is -1.82. The van der Waals surface area contributed by atoms with Crippen molar-refractivity contribution >= 4 is 6.08 Å². The van der Waals surface area contributed by atoms with Gasteiger partial charge in [0, 0.05) is 0 Å². The van der Waals surface area contributed by atoms with Crippen LogP contribution in [0.15, 0.2) is 30.9 Å². The SMILES string of the molecule is C=Cc1ccc2c(c1)CC=[C]2. The van der Waals surface area contributed by atoms with Crippen LogP contribution in [0.4, 0.5) is 0 Å². The van der Waals surface area contributed by atoms with E-state index >= 15 is 0 Å². The molecule has 0 aliphatic heterocycles. The summed E-state index contributed by atoms with van der Waals surface area (Å²) in [6.45, 7) is 3.73. The molecule has 53 valence electrons. The second-order valence-corrected chi connectivity index (χ2v) is 2.67. The highest BCUT2D eigenvalue weighted by Gasteiger charge is 2.03. The molecule has 0 unspecified atom stereocenters. The first-order chi connectivity index (χ1) is 5.40. The first-order valence-corrected chi connectivity index (χ1v) is 3.74. The molecule has 0 bridgehead atoms. The van der Waals surface area contributed by atoms with Crippen molar-refractivity contribution in [3.63, 3.8) is 0 Å². The zero-order chi connectivity index (χ0) is 7.68. The Morgan fingerprint density at radius 2 is 2.36 bits per heavy atom. The molecule has 1 aliphatic carbocycles. The molecular formula is C11H9. The van der Waals surface area contributed by atoms with E-state index in [0.29, 0.717) is 0 Å². The summed E-state index contributed by atoms with van der Waals surface area (Å²) in [4.78, 5) is 0. The molecule has 0 spiro atoms. The van der Waals surface area contributed by atoms with E-state index in [4.69, 9.17) is 0 Å². The van der Waals surface area contributed by atoms with E-state index in [1.165, 1.54) is 16.7 Å². The summed E-state index contributed by atoms with van der Waals surface area (Å²) in [6.07, 6.45) is 8.16. The van der Waals surface area contributed by atoms with Gasteiger partial charge in [0.2, 0.25) is 0 Å². The van der Waals surface area contributed by atoms with Gasteiger partial charge in [-0.2, -0.15) is 0 Å². The van der Waals surface area contributed by atoms with Gasteiger partial charge in [-0.25, -0.2) is 0 Å². The van der Waals surface area contributed by atoms with Crippen LogP contribution in [-0.2, 0) is 6.42 Å². The van der Waals surface area contributed by atoms with Crippen LogP contribution in [-0.4, -0.2) is 0 Å². The molecule has 1 aromatic carbocycles. The van der Waals surface area contributed by atoms with Gasteiger partial charge in [-0.15, -0.1) is 0 Å². The lowest BCUT2D eigenvalue weighted by atomic mass is 10.1. The Balaban J connectivity index is 2.53. The second kappa shape index (κ2) is 2.39. The minimum atomic E-state index is 1.02. The van der Waals surface area contributed by atoms with Crippen LogP contribution in [0.5, 0.6) is 0 Å². The van der Waals surface area contributed by atoms with Crippen molar-refractivity contribution in [2.75, 3.05) is 0 Å². The summed E-state index contributed by atoms with van der Waals surface area (Å²) in [6, 6.07) is 6.33. The van der Waals surface area contributed by atoms with Gasteiger partial charge in [0.05, 0.1) is 0 Å². The molecule has 1 aliphatic rings. The molecule has 0 fully saturated rings. The molecule has 1 aromatic rings. The third-order valence-corrected chi connectivity index (χ3v) is 1.94. The molecule has 0 atom stereocenters. The van der Waals surface area contributed by atoms with Gasteiger partial charge >= 0.3 is 0 Å². The fraction of sp³-hybridized carbons (Fsp3) is 0.0909. The van der Waals surface area contributed by atoms with Crippen molar-refractivity contribution in [3.8, 4) is 0 Å². The lowest BCUT2D eigenvalue weighted by Gasteiger charge is -1.98. The van der Waals surface area contributed by atoms with Crippen molar-refractivity contribution < 1.29 is 0 Å². The Kier molecular flexibility index (Phi) is 1.39. The summed E-state index contributed by atoms with van der Waals surface area (Å²) < 4.78 is 0. The topological polar surface area (TPSA) is 0 Å². The minimum Gasteiger partial charge on any atom is -0.0985 e. The van der Waals surface area contributed by atoms with Crippen LogP contribution in [0.2, 0.25) is 0 Å². The standard InChI is InChI=1S/C11H9/c1-2-9-6-7-10-4-3-5-11(10)8-9/h2-3,6-8H,1,5H2. The molecule has 11 heavy (non-hydrogen) atoms. The van der Waals surface area contributed by atoms with Gasteiger partial charge in [0.15, 0.2) is 0 Å². The van der Waals surface area contributed by atoms with Gasteiger partial charge in [-0.1, -0.05) is 36.9 Å². The first kappa shape index (κ1) is 6.41. The third-order valence-electron chi connectivity index (χ3n) is 1.94. The highest BCUT2D eigenvalue weighted by atomic mass is 14.1. The fourth-order valence-corrected chi connectivity index (χ4v) is 1.32. The highest BCUT2D eigenvalue weighted by molar-refractivity contribution is 5.52. The first-order valence-electron chi connectivity index (χ1n) is 3.74. The van der Waals surface area contributed by atoms with E-state index < -0.39 is 0 Å². The number of allylic oxidation sites excluding steroid dienone is 1. The predicted molar refractivity (Wildman–Crippen MR) is 47.2 cm³/mol. The smallest absolute Gasteiger partial charge is 0.00816 e. The minimum absolute atomic E-state index is 1.02. The molecule has 1 radical (unpaired) electrons. The van der Waals surface area contributed by atoms with Gasteiger partial charge in [-0.3, -0.25) is 0 Å².